The van der Waals surface area contributed by atoms with E-state index in [1.165, 1.54) is 30.5 Å². The third kappa shape index (κ3) is 3.39. The molecule has 0 saturated heterocycles. The summed E-state index contributed by atoms with van der Waals surface area (Å²) >= 11 is 1.17. The fraction of sp³-hybridized carbons (Fsp3) is 0.167. The summed E-state index contributed by atoms with van der Waals surface area (Å²) in [7, 11) is 3.00. The Balaban J connectivity index is 1.68. The van der Waals surface area contributed by atoms with E-state index >= 15 is 0 Å². The molecule has 0 saturated carbocycles. The lowest BCUT2D eigenvalue weighted by Gasteiger charge is -2.24. The molecule has 10 heteroatoms. The Bertz CT molecular complexity index is 1440. The zero-order valence-corrected chi connectivity index (χ0v) is 19.3. The molecular formula is C24H19N3O6S. The summed E-state index contributed by atoms with van der Waals surface area (Å²) in [5.74, 6) is -1.13. The van der Waals surface area contributed by atoms with E-state index in [2.05, 4.69) is 10.2 Å². The van der Waals surface area contributed by atoms with Crippen molar-refractivity contribution < 1.29 is 28.6 Å². The van der Waals surface area contributed by atoms with Gasteiger partial charge in [0.15, 0.2) is 23.0 Å². The first kappa shape index (κ1) is 21.7. The summed E-state index contributed by atoms with van der Waals surface area (Å²) in [5, 5.41) is 20.6. The molecule has 1 amide bonds. The van der Waals surface area contributed by atoms with Crippen LogP contribution in [0.3, 0.4) is 0 Å². The molecule has 0 bridgehead atoms. The van der Waals surface area contributed by atoms with Gasteiger partial charge in [0.2, 0.25) is 10.9 Å². The number of anilines is 1. The van der Waals surface area contributed by atoms with Crippen molar-refractivity contribution in [2.45, 2.75) is 13.0 Å². The van der Waals surface area contributed by atoms with Crippen LogP contribution >= 0.6 is 11.3 Å². The number of Topliss-reactive ketones (excluding diaryl/α,β-unsaturated/α-hetero) is 1. The van der Waals surface area contributed by atoms with Gasteiger partial charge in [-0.25, -0.2) is 0 Å². The van der Waals surface area contributed by atoms with Crippen molar-refractivity contribution in [3.8, 4) is 11.5 Å². The first-order valence-electron chi connectivity index (χ1n) is 10.2. The van der Waals surface area contributed by atoms with Gasteiger partial charge in [-0.3, -0.25) is 14.5 Å². The average Bonchev–Trinajstić information content (AvgIpc) is 3.54. The van der Waals surface area contributed by atoms with Crippen LogP contribution < -0.4 is 14.4 Å². The normalized spacial score (nSPS) is 15.9. The molecule has 1 N–H and O–H groups in total. The van der Waals surface area contributed by atoms with Gasteiger partial charge in [0.1, 0.15) is 10.6 Å². The summed E-state index contributed by atoms with van der Waals surface area (Å²) in [4.78, 5) is 28.1. The first-order valence-corrected chi connectivity index (χ1v) is 11.1. The Morgan fingerprint density at radius 2 is 1.85 bits per heavy atom. The number of para-hydroxylation sites is 1. The van der Waals surface area contributed by atoms with Crippen LogP contribution in [0.25, 0.3) is 11.0 Å². The number of rotatable bonds is 6. The fourth-order valence-electron chi connectivity index (χ4n) is 3.98. The highest BCUT2D eigenvalue weighted by atomic mass is 32.1. The molecule has 1 aliphatic heterocycles. The lowest BCUT2D eigenvalue weighted by molar-refractivity contribution is -0.117. The second-order valence-corrected chi connectivity index (χ2v) is 8.70. The van der Waals surface area contributed by atoms with Crippen molar-refractivity contribution >= 4 is 39.1 Å². The Hall–Kier alpha value is -4.18. The molecule has 5 rings (SSSR count). The molecule has 34 heavy (non-hydrogen) atoms. The molecule has 0 fully saturated rings. The molecule has 0 spiro atoms. The number of aromatic nitrogens is 2. The van der Waals surface area contributed by atoms with Gasteiger partial charge >= 0.3 is 0 Å². The van der Waals surface area contributed by atoms with Crippen molar-refractivity contribution in [3.05, 3.63) is 76.2 Å². The van der Waals surface area contributed by atoms with Crippen molar-refractivity contribution in [2.75, 3.05) is 19.1 Å². The van der Waals surface area contributed by atoms with E-state index in [4.69, 9.17) is 13.9 Å². The minimum absolute atomic E-state index is 0.0105. The number of aryl methyl sites for hydroxylation is 1. The number of aliphatic hydroxyl groups is 1. The van der Waals surface area contributed by atoms with Crippen LogP contribution in [0.5, 0.6) is 11.5 Å². The number of ether oxygens (including phenoxy) is 2. The third-order valence-electron chi connectivity index (χ3n) is 5.55. The number of carbonyl (C=O) groups is 2. The summed E-state index contributed by atoms with van der Waals surface area (Å²) < 4.78 is 16.5. The van der Waals surface area contributed by atoms with E-state index in [1.54, 1.807) is 43.3 Å². The Morgan fingerprint density at radius 1 is 1.09 bits per heavy atom. The molecular weight excluding hydrogens is 458 g/mol. The number of aliphatic hydroxyl groups excluding tert-OH is 1. The number of methoxy groups -OCH3 is 2. The molecule has 4 aromatic rings. The maximum Gasteiger partial charge on any atom is 0.296 e. The average molecular weight is 477 g/mol. The monoisotopic (exact) mass is 477 g/mol. The molecule has 9 nitrogen and oxygen atoms in total. The number of fused-ring (bicyclic) bond motifs is 1. The van der Waals surface area contributed by atoms with E-state index in [1.807, 2.05) is 12.1 Å². The topological polar surface area (TPSA) is 115 Å². The minimum Gasteiger partial charge on any atom is -0.503 e. The van der Waals surface area contributed by atoms with Crippen molar-refractivity contribution in [1.82, 2.24) is 10.2 Å². The maximum atomic E-state index is 13.6. The number of nitrogens with zero attached hydrogens (tertiary/aromatic N) is 3. The van der Waals surface area contributed by atoms with Gasteiger partial charge < -0.3 is 19.0 Å². The second kappa shape index (κ2) is 8.31. The van der Waals surface area contributed by atoms with E-state index in [9.17, 15) is 14.7 Å². The fourth-order valence-corrected chi connectivity index (χ4v) is 4.70. The Labute approximate surface area is 197 Å². The second-order valence-electron chi connectivity index (χ2n) is 7.54. The largest absolute Gasteiger partial charge is 0.503 e. The molecule has 1 atom stereocenters. The lowest BCUT2D eigenvalue weighted by Crippen LogP contribution is -2.31. The van der Waals surface area contributed by atoms with E-state index in [0.29, 0.717) is 27.7 Å². The van der Waals surface area contributed by atoms with Crippen LogP contribution in [0.1, 0.15) is 27.2 Å². The SMILES string of the molecule is COc1ccc(C2C(C(=O)c3cc4ccccc4o3)=C(O)C(=O)N2c2nnc(C)s2)cc1OC. The van der Waals surface area contributed by atoms with Crippen LogP contribution in [0.15, 0.2) is 64.3 Å². The Kier molecular flexibility index (Phi) is 5.29. The van der Waals surface area contributed by atoms with Gasteiger partial charge in [0, 0.05) is 5.39 Å². The molecule has 0 aliphatic carbocycles. The van der Waals surface area contributed by atoms with Crippen LogP contribution in [0.2, 0.25) is 0 Å². The highest BCUT2D eigenvalue weighted by Crippen LogP contribution is 2.44. The predicted octanol–water partition coefficient (Wildman–Crippen LogP) is 4.39. The number of hydrogen-bond donors (Lipinski definition) is 1. The number of amides is 1. The van der Waals surface area contributed by atoms with Crippen LogP contribution in [-0.4, -0.2) is 41.2 Å². The standard InChI is InChI=1S/C24H19N3O6S/c1-12-25-26-24(34-12)27-20(14-8-9-16(31-2)17(11-14)32-3)19(22(29)23(27)30)21(28)18-10-13-6-4-5-7-15(13)33-18/h4-11,20,29H,1-3H3. The van der Waals surface area contributed by atoms with Crippen LogP contribution in [0, 0.1) is 6.92 Å². The quantitative estimate of drug-likeness (QED) is 0.407. The van der Waals surface area contributed by atoms with Gasteiger partial charge in [-0.1, -0.05) is 35.6 Å². The number of carbonyl (C=O) groups excluding carboxylic acids is 2. The lowest BCUT2D eigenvalue weighted by atomic mass is 9.95. The van der Waals surface area contributed by atoms with Crippen LogP contribution in [-0.2, 0) is 4.79 Å². The number of furan rings is 1. The predicted molar refractivity (Wildman–Crippen MR) is 125 cm³/mol. The molecule has 2 aromatic carbocycles. The van der Waals surface area contributed by atoms with Crippen molar-refractivity contribution in [2.24, 2.45) is 0 Å². The summed E-state index contributed by atoms with van der Waals surface area (Å²) in [6.07, 6.45) is 0. The molecule has 1 unspecified atom stereocenters. The van der Waals surface area contributed by atoms with Gasteiger partial charge in [0.05, 0.1) is 25.8 Å². The third-order valence-corrected chi connectivity index (χ3v) is 6.38. The van der Waals surface area contributed by atoms with Gasteiger partial charge in [-0.2, -0.15) is 0 Å². The Morgan fingerprint density at radius 3 is 2.53 bits per heavy atom. The van der Waals surface area contributed by atoms with E-state index in [0.717, 1.165) is 5.39 Å². The molecule has 1 aliphatic rings. The number of benzene rings is 2. The van der Waals surface area contributed by atoms with Crippen molar-refractivity contribution in [3.63, 3.8) is 0 Å². The summed E-state index contributed by atoms with van der Waals surface area (Å²) in [5.41, 5.74) is 0.918. The molecule has 0 radical (unpaired) electrons. The van der Waals surface area contributed by atoms with E-state index in [-0.39, 0.29) is 16.5 Å². The maximum absolute atomic E-state index is 13.6. The van der Waals surface area contributed by atoms with Crippen LogP contribution in [0.4, 0.5) is 5.13 Å². The summed E-state index contributed by atoms with van der Waals surface area (Å²) in [6, 6.07) is 12.8. The zero-order chi connectivity index (χ0) is 24.0. The highest BCUT2D eigenvalue weighted by molar-refractivity contribution is 7.15. The minimum atomic E-state index is -0.986. The smallest absolute Gasteiger partial charge is 0.296 e. The molecule has 2 aromatic heterocycles. The zero-order valence-electron chi connectivity index (χ0n) is 18.4. The summed E-state index contributed by atoms with van der Waals surface area (Å²) in [6.45, 7) is 1.75. The van der Waals surface area contributed by atoms with Crippen molar-refractivity contribution in [1.29, 1.82) is 0 Å². The number of ketones is 1. The molecule has 3 heterocycles. The number of hydrogen-bond acceptors (Lipinski definition) is 9. The van der Waals surface area contributed by atoms with Gasteiger partial charge in [-0.05, 0) is 36.8 Å². The highest BCUT2D eigenvalue weighted by Gasteiger charge is 2.47. The first-order chi connectivity index (χ1) is 16.4. The van der Waals surface area contributed by atoms with Gasteiger partial charge in [-0.15, -0.1) is 10.2 Å². The van der Waals surface area contributed by atoms with Gasteiger partial charge in [0.25, 0.3) is 5.91 Å². The van der Waals surface area contributed by atoms with E-state index < -0.39 is 23.5 Å². The molecule has 172 valence electrons.